The second-order valence-electron chi connectivity index (χ2n) is 4.12. The van der Waals surface area contributed by atoms with Crippen LogP contribution in [0.1, 0.15) is 11.1 Å². The number of carbonyl (C=O) groups is 1. The fourth-order valence-electron chi connectivity index (χ4n) is 1.85. The van der Waals surface area contributed by atoms with Crippen molar-refractivity contribution in [2.45, 2.75) is 25.5 Å². The first-order valence-corrected chi connectivity index (χ1v) is 5.42. The number of nitrogens with two attached hydrogens (primary N) is 1. The Morgan fingerprint density at radius 2 is 2.06 bits per heavy atom. The number of hydrogen-bond acceptors (Lipinski definition) is 3. The van der Waals surface area contributed by atoms with Crippen LogP contribution >= 0.6 is 0 Å². The molecule has 1 saturated heterocycles. The van der Waals surface area contributed by atoms with E-state index in [2.05, 4.69) is 29.6 Å². The summed E-state index contributed by atoms with van der Waals surface area (Å²) < 4.78 is 5.17. The standard InChI is InChI=1S/C12H16N2O2/c1-8-2-4-9(5-3-8)6-11-10(7-13)14-12(15)16-11/h2-5,10-11H,6-7,13H2,1H3,(H,14,15). The summed E-state index contributed by atoms with van der Waals surface area (Å²) in [6.45, 7) is 2.45. The Kier molecular flexibility index (Phi) is 3.10. The number of amides is 1. The van der Waals surface area contributed by atoms with Gasteiger partial charge in [0.25, 0.3) is 0 Å². The number of nitrogens with one attached hydrogen (secondary N) is 1. The Balaban J connectivity index is 2.03. The van der Waals surface area contributed by atoms with E-state index in [1.165, 1.54) is 5.56 Å². The highest BCUT2D eigenvalue weighted by atomic mass is 16.6. The molecule has 0 radical (unpaired) electrons. The number of carbonyl (C=O) groups excluding carboxylic acids is 1. The van der Waals surface area contributed by atoms with Crippen molar-refractivity contribution >= 4 is 6.09 Å². The normalized spacial score (nSPS) is 24.0. The van der Waals surface area contributed by atoms with Gasteiger partial charge in [-0.1, -0.05) is 29.8 Å². The van der Waals surface area contributed by atoms with Crippen LogP contribution in [-0.2, 0) is 11.2 Å². The molecule has 2 atom stereocenters. The minimum absolute atomic E-state index is 0.0752. The summed E-state index contributed by atoms with van der Waals surface area (Å²) in [6, 6.07) is 8.13. The highest BCUT2D eigenvalue weighted by Gasteiger charge is 2.32. The monoisotopic (exact) mass is 220 g/mol. The molecule has 2 unspecified atom stereocenters. The van der Waals surface area contributed by atoms with Crippen molar-refractivity contribution in [1.29, 1.82) is 0 Å². The van der Waals surface area contributed by atoms with Gasteiger partial charge < -0.3 is 15.8 Å². The summed E-state index contributed by atoms with van der Waals surface area (Å²) >= 11 is 0. The number of ether oxygens (including phenoxy) is 1. The quantitative estimate of drug-likeness (QED) is 0.798. The van der Waals surface area contributed by atoms with Gasteiger partial charge in [0.2, 0.25) is 0 Å². The first-order valence-electron chi connectivity index (χ1n) is 5.42. The molecule has 4 nitrogen and oxygen atoms in total. The summed E-state index contributed by atoms with van der Waals surface area (Å²) in [4.78, 5) is 11.1. The number of cyclic esters (lactones) is 1. The number of aryl methyl sites for hydroxylation is 1. The average molecular weight is 220 g/mol. The van der Waals surface area contributed by atoms with Crippen molar-refractivity contribution in [2.24, 2.45) is 5.73 Å². The zero-order chi connectivity index (χ0) is 11.5. The molecular weight excluding hydrogens is 204 g/mol. The van der Waals surface area contributed by atoms with Crippen molar-refractivity contribution in [1.82, 2.24) is 5.32 Å². The zero-order valence-electron chi connectivity index (χ0n) is 9.27. The van der Waals surface area contributed by atoms with Crippen molar-refractivity contribution in [3.05, 3.63) is 35.4 Å². The maximum Gasteiger partial charge on any atom is 0.407 e. The van der Waals surface area contributed by atoms with Crippen molar-refractivity contribution < 1.29 is 9.53 Å². The highest BCUT2D eigenvalue weighted by molar-refractivity contribution is 5.70. The fourth-order valence-corrected chi connectivity index (χ4v) is 1.85. The molecule has 0 spiro atoms. The summed E-state index contributed by atoms with van der Waals surface area (Å²) in [5.74, 6) is 0. The summed E-state index contributed by atoms with van der Waals surface area (Å²) in [7, 11) is 0. The average Bonchev–Trinajstić information content (AvgIpc) is 2.62. The maximum absolute atomic E-state index is 11.1. The molecule has 3 N–H and O–H groups in total. The molecule has 0 aromatic heterocycles. The summed E-state index contributed by atoms with van der Waals surface area (Å²) in [5.41, 5.74) is 7.95. The van der Waals surface area contributed by atoms with Gasteiger partial charge in [0.05, 0.1) is 6.04 Å². The van der Waals surface area contributed by atoms with E-state index in [1.54, 1.807) is 0 Å². The lowest BCUT2D eigenvalue weighted by molar-refractivity contribution is 0.132. The van der Waals surface area contributed by atoms with Crippen LogP contribution in [-0.4, -0.2) is 24.8 Å². The molecule has 1 fully saturated rings. The molecule has 1 aromatic carbocycles. The third-order valence-electron chi connectivity index (χ3n) is 2.82. The summed E-state index contributed by atoms with van der Waals surface area (Å²) in [5, 5.41) is 2.70. The molecule has 0 bridgehead atoms. The molecule has 0 saturated carbocycles. The smallest absolute Gasteiger partial charge is 0.407 e. The number of benzene rings is 1. The Hall–Kier alpha value is -1.55. The molecule has 86 valence electrons. The lowest BCUT2D eigenvalue weighted by atomic mass is 10.0. The van der Waals surface area contributed by atoms with Crippen molar-refractivity contribution in [3.8, 4) is 0 Å². The molecule has 4 heteroatoms. The molecule has 2 rings (SSSR count). The van der Waals surface area contributed by atoms with Crippen LogP contribution in [0.25, 0.3) is 0 Å². The number of hydrogen-bond donors (Lipinski definition) is 2. The van der Waals surface area contributed by atoms with Gasteiger partial charge in [-0.3, -0.25) is 0 Å². The molecule has 1 heterocycles. The van der Waals surface area contributed by atoms with E-state index < -0.39 is 0 Å². The van der Waals surface area contributed by atoms with Gasteiger partial charge in [-0.2, -0.15) is 0 Å². The molecule has 1 aliphatic heterocycles. The minimum atomic E-state index is -0.368. The molecule has 1 aromatic rings. The van der Waals surface area contributed by atoms with Crippen LogP contribution in [0.3, 0.4) is 0 Å². The largest absolute Gasteiger partial charge is 0.444 e. The lowest BCUT2D eigenvalue weighted by Crippen LogP contribution is -2.39. The van der Waals surface area contributed by atoms with Gasteiger partial charge >= 0.3 is 6.09 Å². The molecule has 16 heavy (non-hydrogen) atoms. The van der Waals surface area contributed by atoms with Gasteiger partial charge in [-0.25, -0.2) is 4.79 Å². The molecule has 1 amide bonds. The van der Waals surface area contributed by atoms with Gasteiger partial charge in [-0.05, 0) is 12.5 Å². The second kappa shape index (κ2) is 4.53. The molecule has 0 aliphatic carbocycles. The Bertz CT molecular complexity index is 375. The third-order valence-corrected chi connectivity index (χ3v) is 2.82. The lowest BCUT2D eigenvalue weighted by Gasteiger charge is -2.14. The van der Waals surface area contributed by atoms with Crippen molar-refractivity contribution in [2.75, 3.05) is 6.54 Å². The number of rotatable bonds is 3. The van der Waals surface area contributed by atoms with Crippen LogP contribution < -0.4 is 11.1 Å². The first kappa shape index (κ1) is 11.0. The topological polar surface area (TPSA) is 64.3 Å². The SMILES string of the molecule is Cc1ccc(CC2OC(=O)NC2CN)cc1. The summed E-state index contributed by atoms with van der Waals surface area (Å²) in [6.07, 6.45) is 0.189. The van der Waals surface area contributed by atoms with Crippen LogP contribution in [0.15, 0.2) is 24.3 Å². The van der Waals surface area contributed by atoms with Crippen LogP contribution in [0, 0.1) is 6.92 Å². The van der Waals surface area contributed by atoms with Crippen LogP contribution in [0.5, 0.6) is 0 Å². The first-order chi connectivity index (χ1) is 7.69. The predicted molar refractivity (Wildman–Crippen MR) is 61.1 cm³/mol. The van der Waals surface area contributed by atoms with E-state index in [1.807, 2.05) is 6.92 Å². The number of alkyl carbamates (subject to hydrolysis) is 1. The second-order valence-corrected chi connectivity index (χ2v) is 4.12. The van der Waals surface area contributed by atoms with Crippen molar-refractivity contribution in [3.63, 3.8) is 0 Å². The zero-order valence-corrected chi connectivity index (χ0v) is 9.27. The van der Waals surface area contributed by atoms with Crippen LogP contribution in [0.2, 0.25) is 0 Å². The van der Waals surface area contributed by atoms with E-state index in [9.17, 15) is 4.79 Å². The van der Waals surface area contributed by atoms with Gasteiger partial charge in [0.1, 0.15) is 6.10 Å². The van der Waals surface area contributed by atoms with E-state index in [0.29, 0.717) is 13.0 Å². The Morgan fingerprint density at radius 1 is 1.38 bits per heavy atom. The van der Waals surface area contributed by atoms with E-state index in [-0.39, 0.29) is 18.2 Å². The Morgan fingerprint density at radius 3 is 2.69 bits per heavy atom. The van der Waals surface area contributed by atoms with E-state index in [4.69, 9.17) is 10.5 Å². The van der Waals surface area contributed by atoms with E-state index in [0.717, 1.165) is 5.56 Å². The van der Waals surface area contributed by atoms with E-state index >= 15 is 0 Å². The Labute approximate surface area is 94.8 Å². The molecule has 1 aliphatic rings. The third kappa shape index (κ3) is 2.33. The maximum atomic E-state index is 11.1. The fraction of sp³-hybridized carbons (Fsp3) is 0.417. The molecular formula is C12H16N2O2. The minimum Gasteiger partial charge on any atom is -0.444 e. The highest BCUT2D eigenvalue weighted by Crippen LogP contribution is 2.14. The van der Waals surface area contributed by atoms with Gasteiger partial charge in [0.15, 0.2) is 0 Å². The predicted octanol–water partition coefficient (Wildman–Crippen LogP) is 0.973. The van der Waals surface area contributed by atoms with Gasteiger partial charge in [-0.15, -0.1) is 0 Å². The van der Waals surface area contributed by atoms with Crippen LogP contribution in [0.4, 0.5) is 4.79 Å². The van der Waals surface area contributed by atoms with Gasteiger partial charge in [0, 0.05) is 13.0 Å².